The number of aryl methyl sites for hydroxylation is 4. The van der Waals surface area contributed by atoms with Gasteiger partial charge in [-0.3, -0.25) is 0 Å². The molecule has 1 aliphatic heterocycles. The zero-order valence-corrected chi connectivity index (χ0v) is 42.4. The van der Waals surface area contributed by atoms with Gasteiger partial charge in [0.1, 0.15) is 0 Å². The van der Waals surface area contributed by atoms with Gasteiger partial charge >= 0.3 is 16.5 Å². The number of rotatable bonds is 29. The van der Waals surface area contributed by atoms with Crippen LogP contribution in [0.15, 0.2) is 35.4 Å². The molecule has 0 unspecified atom stereocenters. The Labute approximate surface area is 385 Å². The fraction of sp³-hybridized carbons (Fsp3) is 0.684. The first-order valence-electron chi connectivity index (χ1n) is 25.2. The molecule has 0 saturated heterocycles. The Bertz CT molecular complexity index is 1410. The van der Waals surface area contributed by atoms with Gasteiger partial charge in [0.05, 0.1) is 0 Å². The van der Waals surface area contributed by atoms with Crippen LogP contribution in [0.1, 0.15) is 258 Å². The van der Waals surface area contributed by atoms with E-state index >= 15 is 0 Å². The molecular formula is C57H96N2Ni. The van der Waals surface area contributed by atoms with Crippen molar-refractivity contribution in [2.75, 3.05) is 0 Å². The van der Waals surface area contributed by atoms with E-state index in [1.165, 1.54) is 199 Å². The van der Waals surface area contributed by atoms with Gasteiger partial charge in [-0.05, 0) is 125 Å². The molecule has 3 heteroatoms. The molecule has 0 N–H and O–H groups in total. The molecule has 0 fully saturated rings. The summed E-state index contributed by atoms with van der Waals surface area (Å²) in [4.78, 5) is 0. The van der Waals surface area contributed by atoms with Crippen molar-refractivity contribution in [2.45, 2.75) is 255 Å². The average Bonchev–Trinajstić information content (AvgIpc) is 3.49. The van der Waals surface area contributed by atoms with E-state index in [-0.39, 0.29) is 16.5 Å². The predicted octanol–water partition coefficient (Wildman–Crippen LogP) is 19.7. The van der Waals surface area contributed by atoms with Crippen molar-refractivity contribution in [1.82, 2.24) is 0 Å². The third-order valence-electron chi connectivity index (χ3n) is 12.8. The fourth-order valence-corrected chi connectivity index (χ4v) is 8.38. The predicted molar refractivity (Wildman–Crippen MR) is 266 cm³/mol. The molecule has 2 aromatic rings. The van der Waals surface area contributed by atoms with Crippen LogP contribution in [0, 0.1) is 55.4 Å². The van der Waals surface area contributed by atoms with E-state index in [2.05, 4.69) is 107 Å². The largest absolute Gasteiger partial charge is 2.00 e. The number of nitrogens with zero attached hydrogens (tertiary/aromatic N) is 2. The average molecular weight is 868 g/mol. The van der Waals surface area contributed by atoms with Crippen LogP contribution < -0.4 is 0 Å². The van der Waals surface area contributed by atoms with E-state index < -0.39 is 0 Å². The Morgan fingerprint density at radius 1 is 0.383 bits per heavy atom. The summed E-state index contributed by atoms with van der Waals surface area (Å²) in [5, 5.41) is 0. The van der Waals surface area contributed by atoms with Crippen LogP contribution in [0.2, 0.25) is 0 Å². The fourth-order valence-electron chi connectivity index (χ4n) is 8.38. The van der Waals surface area contributed by atoms with E-state index in [1.807, 2.05) is 0 Å². The number of hydrogen-bond donors (Lipinski definition) is 0. The summed E-state index contributed by atoms with van der Waals surface area (Å²) in [5.41, 5.74) is 26.8. The maximum Gasteiger partial charge on any atom is 2.00 e. The molecule has 0 saturated carbocycles. The molecule has 0 radical (unpaired) electrons. The van der Waals surface area contributed by atoms with E-state index in [0.717, 1.165) is 54.6 Å². The minimum atomic E-state index is 0. The monoisotopic (exact) mass is 867 g/mol. The van der Waals surface area contributed by atoms with Crippen molar-refractivity contribution in [3.05, 3.63) is 99.3 Å². The SMILES string of the molecule is CCCCCCCCC1=C(c2cc(C)c(C)c(C)c2)[N+](=[N-])C(c2cc(C)c(C)c(C)c2)=C1CCCCC.[CH2-]CCCCCCCCCC.[CH2-]CCCCCCCCCC.[Ni+2]. The molecule has 0 spiro atoms. The zero-order valence-electron chi connectivity index (χ0n) is 41.4. The van der Waals surface area contributed by atoms with Crippen LogP contribution in [0.5, 0.6) is 0 Å². The van der Waals surface area contributed by atoms with Crippen molar-refractivity contribution < 1.29 is 21.2 Å². The van der Waals surface area contributed by atoms with Crippen LogP contribution >= 0.6 is 0 Å². The second kappa shape index (κ2) is 36.5. The summed E-state index contributed by atoms with van der Waals surface area (Å²) >= 11 is 0. The maximum absolute atomic E-state index is 11.9. The Morgan fingerprint density at radius 3 is 0.900 bits per heavy atom. The van der Waals surface area contributed by atoms with Gasteiger partial charge in [-0.2, -0.15) is 12.8 Å². The van der Waals surface area contributed by atoms with Crippen LogP contribution in [-0.4, -0.2) is 4.70 Å². The molecule has 2 nitrogen and oxygen atoms in total. The minimum absolute atomic E-state index is 0. The smallest absolute Gasteiger partial charge is 0.493 e. The molecule has 344 valence electrons. The first-order chi connectivity index (χ1) is 28.5. The van der Waals surface area contributed by atoms with Crippen molar-refractivity contribution in [1.29, 1.82) is 0 Å². The topological polar surface area (TPSA) is 25.3 Å². The van der Waals surface area contributed by atoms with Crippen molar-refractivity contribution in [3.8, 4) is 0 Å². The number of allylic oxidation sites excluding steroid dienone is 2. The van der Waals surface area contributed by atoms with E-state index in [9.17, 15) is 5.53 Å². The molecule has 1 heterocycles. The minimum Gasteiger partial charge on any atom is -0.493 e. The molecule has 3 rings (SSSR count). The van der Waals surface area contributed by atoms with Crippen molar-refractivity contribution in [3.63, 3.8) is 0 Å². The normalized spacial score (nSPS) is 12.4. The van der Waals surface area contributed by atoms with E-state index in [4.69, 9.17) is 0 Å². The molecule has 0 aromatic heterocycles. The third kappa shape index (κ3) is 22.4. The summed E-state index contributed by atoms with van der Waals surface area (Å²) in [5.74, 6) is 0. The maximum atomic E-state index is 11.9. The zero-order chi connectivity index (χ0) is 43.8. The second-order valence-corrected chi connectivity index (χ2v) is 18.1. The van der Waals surface area contributed by atoms with E-state index in [0.29, 0.717) is 0 Å². The van der Waals surface area contributed by atoms with E-state index in [1.54, 1.807) is 4.70 Å². The van der Waals surface area contributed by atoms with Gasteiger partial charge in [0.15, 0.2) is 0 Å². The van der Waals surface area contributed by atoms with Crippen molar-refractivity contribution in [2.24, 2.45) is 0 Å². The van der Waals surface area contributed by atoms with Gasteiger partial charge in [-0.15, -0.1) is 0 Å². The van der Waals surface area contributed by atoms with Crippen LogP contribution in [0.25, 0.3) is 16.9 Å². The van der Waals surface area contributed by atoms with Gasteiger partial charge < -0.3 is 19.4 Å². The van der Waals surface area contributed by atoms with Crippen LogP contribution in [0.3, 0.4) is 0 Å². The van der Waals surface area contributed by atoms with Gasteiger partial charge in [0.2, 0.25) is 11.4 Å². The van der Waals surface area contributed by atoms with Gasteiger partial charge in [-0.1, -0.05) is 175 Å². The molecule has 0 atom stereocenters. The van der Waals surface area contributed by atoms with Gasteiger partial charge in [-0.25, -0.2) is 4.70 Å². The Kier molecular flexibility index (Phi) is 35.3. The summed E-state index contributed by atoms with van der Waals surface area (Å²) in [6.07, 6.45) is 38.1. The second-order valence-electron chi connectivity index (χ2n) is 18.1. The summed E-state index contributed by atoms with van der Waals surface area (Å²) in [6, 6.07) is 9.11. The quantitative estimate of drug-likeness (QED) is 0.0337. The van der Waals surface area contributed by atoms with Gasteiger partial charge in [0.25, 0.3) is 0 Å². The molecule has 2 aromatic carbocycles. The third-order valence-corrected chi connectivity index (χ3v) is 12.8. The Morgan fingerprint density at radius 2 is 0.617 bits per heavy atom. The molecule has 0 aliphatic carbocycles. The standard InChI is InChI=1S/C35H50N2.2C11H23.Ni/c1-9-11-13-14-15-17-19-33-32(18-16-12-10-2)34(30-20-24(3)28(7)25(4)21-30)37(36)35(33)31-22-26(5)29(8)27(6)23-31;2*1-3-5-7-9-11-10-8-6-4-2;/h20-23H,9-19H2,1-8H3;2*1,3-11H2,2H3;/q;2*-1;+2. The molecule has 1 aliphatic rings. The Balaban J connectivity index is 0.00000124. The summed E-state index contributed by atoms with van der Waals surface area (Å²) in [6.45, 7) is 29.9. The molecule has 0 amide bonds. The van der Waals surface area contributed by atoms with Crippen LogP contribution in [0.4, 0.5) is 0 Å². The molecule has 0 bridgehead atoms. The summed E-state index contributed by atoms with van der Waals surface area (Å²) < 4.78 is 1.56. The first-order valence-corrected chi connectivity index (χ1v) is 25.2. The number of benzene rings is 2. The number of unbranched alkanes of at least 4 members (excludes halogenated alkanes) is 23. The molecule has 60 heavy (non-hydrogen) atoms. The van der Waals surface area contributed by atoms with Crippen molar-refractivity contribution >= 4 is 11.4 Å². The Hall–Kier alpha value is -1.99. The number of hydrogen-bond acceptors (Lipinski definition) is 0. The molecular weight excluding hydrogens is 771 g/mol. The van der Waals surface area contributed by atoms with Gasteiger partial charge in [0, 0.05) is 22.3 Å². The summed E-state index contributed by atoms with van der Waals surface area (Å²) in [7, 11) is 0. The van der Waals surface area contributed by atoms with Crippen LogP contribution in [-0.2, 0) is 16.5 Å². The first kappa shape index (κ1) is 58.0.